The normalized spacial score (nSPS) is 9.77. The molecule has 0 aliphatic rings. The third kappa shape index (κ3) is 1.83. The van der Waals surface area contributed by atoms with Crippen LogP contribution in [0.1, 0.15) is 15.9 Å². The minimum Gasteiger partial charge on any atom is -0.496 e. The van der Waals surface area contributed by atoms with Crippen LogP contribution in [0, 0.1) is 6.92 Å². The van der Waals surface area contributed by atoms with Gasteiger partial charge < -0.3 is 9.84 Å². The maximum absolute atomic E-state index is 10.9. The SMILES string of the molecule is COc1ccc(Br)c(C)c1C(=O)O. The van der Waals surface area contributed by atoms with E-state index in [1.54, 1.807) is 19.1 Å². The van der Waals surface area contributed by atoms with Gasteiger partial charge in [-0.15, -0.1) is 0 Å². The van der Waals surface area contributed by atoms with E-state index in [4.69, 9.17) is 9.84 Å². The predicted octanol–water partition coefficient (Wildman–Crippen LogP) is 2.46. The Morgan fingerprint density at radius 2 is 2.15 bits per heavy atom. The van der Waals surface area contributed by atoms with Crippen LogP contribution in [0.25, 0.3) is 0 Å². The zero-order valence-corrected chi connectivity index (χ0v) is 8.88. The number of benzene rings is 1. The fourth-order valence-corrected chi connectivity index (χ4v) is 1.43. The molecule has 0 aliphatic heterocycles. The van der Waals surface area contributed by atoms with Crippen LogP contribution in [-0.2, 0) is 0 Å². The molecule has 0 saturated heterocycles. The van der Waals surface area contributed by atoms with Gasteiger partial charge in [0.2, 0.25) is 0 Å². The van der Waals surface area contributed by atoms with E-state index in [-0.39, 0.29) is 5.56 Å². The maximum Gasteiger partial charge on any atom is 0.339 e. The second-order valence-corrected chi connectivity index (χ2v) is 3.41. The zero-order chi connectivity index (χ0) is 10.0. The van der Waals surface area contributed by atoms with E-state index in [1.807, 2.05) is 0 Å². The van der Waals surface area contributed by atoms with Gasteiger partial charge in [-0.2, -0.15) is 0 Å². The predicted molar refractivity (Wildman–Crippen MR) is 52.4 cm³/mol. The average molecular weight is 245 g/mol. The fourth-order valence-electron chi connectivity index (χ4n) is 1.10. The first-order valence-electron chi connectivity index (χ1n) is 3.64. The first-order chi connectivity index (χ1) is 6.07. The van der Waals surface area contributed by atoms with Gasteiger partial charge in [0.1, 0.15) is 11.3 Å². The van der Waals surface area contributed by atoms with Crippen molar-refractivity contribution >= 4 is 21.9 Å². The minimum absolute atomic E-state index is 0.205. The van der Waals surface area contributed by atoms with Crippen molar-refractivity contribution in [2.24, 2.45) is 0 Å². The molecule has 1 aromatic carbocycles. The summed E-state index contributed by atoms with van der Waals surface area (Å²) in [6, 6.07) is 3.39. The van der Waals surface area contributed by atoms with Gasteiger partial charge in [-0.25, -0.2) is 4.79 Å². The summed E-state index contributed by atoms with van der Waals surface area (Å²) in [5.74, 6) is -0.594. The number of hydrogen-bond donors (Lipinski definition) is 1. The Morgan fingerprint density at radius 1 is 1.54 bits per heavy atom. The van der Waals surface area contributed by atoms with E-state index >= 15 is 0 Å². The van der Waals surface area contributed by atoms with Crippen molar-refractivity contribution in [2.75, 3.05) is 7.11 Å². The molecule has 0 atom stereocenters. The molecule has 1 rings (SSSR count). The van der Waals surface area contributed by atoms with Crippen LogP contribution in [-0.4, -0.2) is 18.2 Å². The lowest BCUT2D eigenvalue weighted by Crippen LogP contribution is -2.03. The van der Waals surface area contributed by atoms with E-state index in [9.17, 15) is 4.79 Å². The Morgan fingerprint density at radius 3 is 2.62 bits per heavy atom. The van der Waals surface area contributed by atoms with E-state index in [1.165, 1.54) is 7.11 Å². The highest BCUT2D eigenvalue weighted by atomic mass is 79.9. The van der Waals surface area contributed by atoms with E-state index in [0.717, 1.165) is 4.47 Å². The quantitative estimate of drug-likeness (QED) is 0.870. The van der Waals surface area contributed by atoms with Crippen molar-refractivity contribution < 1.29 is 14.6 Å². The summed E-state index contributed by atoms with van der Waals surface area (Å²) in [6.45, 7) is 1.73. The Hall–Kier alpha value is -1.03. The van der Waals surface area contributed by atoms with Crippen LogP contribution in [0.4, 0.5) is 0 Å². The van der Waals surface area contributed by atoms with Crippen molar-refractivity contribution in [1.29, 1.82) is 0 Å². The number of halogens is 1. The maximum atomic E-state index is 10.9. The van der Waals surface area contributed by atoms with Crippen molar-refractivity contribution in [2.45, 2.75) is 6.92 Å². The summed E-state index contributed by atoms with van der Waals surface area (Å²) in [4.78, 5) is 10.9. The largest absolute Gasteiger partial charge is 0.496 e. The first-order valence-corrected chi connectivity index (χ1v) is 4.43. The number of rotatable bonds is 2. The van der Waals surface area contributed by atoms with Gasteiger partial charge in [0, 0.05) is 4.47 Å². The number of methoxy groups -OCH3 is 1. The van der Waals surface area contributed by atoms with Gasteiger partial charge in [0.05, 0.1) is 7.11 Å². The lowest BCUT2D eigenvalue weighted by molar-refractivity contribution is 0.0692. The molecule has 0 unspecified atom stereocenters. The van der Waals surface area contributed by atoms with Gasteiger partial charge in [-0.05, 0) is 24.6 Å². The standard InChI is InChI=1S/C9H9BrO3/c1-5-6(10)3-4-7(13-2)8(5)9(11)12/h3-4H,1-2H3,(H,11,12). The van der Waals surface area contributed by atoms with Crippen LogP contribution < -0.4 is 4.74 Å². The van der Waals surface area contributed by atoms with Crippen molar-refractivity contribution in [3.63, 3.8) is 0 Å². The van der Waals surface area contributed by atoms with Crippen LogP contribution in [0.5, 0.6) is 5.75 Å². The lowest BCUT2D eigenvalue weighted by atomic mass is 10.1. The molecular formula is C9H9BrO3. The molecule has 0 heterocycles. The molecular weight excluding hydrogens is 236 g/mol. The van der Waals surface area contributed by atoms with E-state index < -0.39 is 5.97 Å². The molecule has 1 aromatic rings. The van der Waals surface area contributed by atoms with Gasteiger partial charge in [0.15, 0.2) is 0 Å². The second-order valence-electron chi connectivity index (χ2n) is 2.55. The molecule has 0 bridgehead atoms. The van der Waals surface area contributed by atoms with Crippen molar-refractivity contribution in [1.82, 2.24) is 0 Å². The van der Waals surface area contributed by atoms with Crippen molar-refractivity contribution in [3.8, 4) is 5.75 Å². The Kier molecular flexibility index (Phi) is 2.93. The molecule has 0 aromatic heterocycles. The number of carbonyl (C=O) groups is 1. The molecule has 0 aliphatic carbocycles. The lowest BCUT2D eigenvalue weighted by Gasteiger charge is -2.08. The van der Waals surface area contributed by atoms with Gasteiger partial charge >= 0.3 is 5.97 Å². The van der Waals surface area contributed by atoms with Crippen LogP contribution >= 0.6 is 15.9 Å². The van der Waals surface area contributed by atoms with Crippen LogP contribution in [0.15, 0.2) is 16.6 Å². The molecule has 0 radical (unpaired) electrons. The summed E-state index contributed by atoms with van der Waals surface area (Å²) >= 11 is 3.26. The van der Waals surface area contributed by atoms with Gasteiger partial charge in [-0.3, -0.25) is 0 Å². The average Bonchev–Trinajstić information content (AvgIpc) is 2.08. The molecule has 0 fully saturated rings. The summed E-state index contributed by atoms with van der Waals surface area (Å²) < 4.78 is 5.71. The topological polar surface area (TPSA) is 46.5 Å². The zero-order valence-electron chi connectivity index (χ0n) is 7.30. The molecule has 13 heavy (non-hydrogen) atoms. The molecule has 0 saturated carbocycles. The highest BCUT2D eigenvalue weighted by Crippen LogP contribution is 2.27. The van der Waals surface area contributed by atoms with Crippen LogP contribution in [0.2, 0.25) is 0 Å². The molecule has 1 N–H and O–H groups in total. The number of aromatic carboxylic acids is 1. The van der Waals surface area contributed by atoms with Crippen molar-refractivity contribution in [3.05, 3.63) is 27.7 Å². The second kappa shape index (κ2) is 3.79. The Balaban J connectivity index is 3.41. The summed E-state index contributed by atoms with van der Waals surface area (Å²) in [6.07, 6.45) is 0. The Bertz CT molecular complexity index is 347. The number of carboxylic acids is 1. The summed E-state index contributed by atoms with van der Waals surface area (Å²) in [5.41, 5.74) is 0.878. The highest BCUT2D eigenvalue weighted by molar-refractivity contribution is 9.10. The van der Waals surface area contributed by atoms with Gasteiger partial charge in [0.25, 0.3) is 0 Å². The molecule has 0 spiro atoms. The highest BCUT2D eigenvalue weighted by Gasteiger charge is 2.15. The first kappa shape index (κ1) is 10.1. The number of carboxylic acid groups (broad SMARTS) is 1. The third-order valence-corrected chi connectivity index (χ3v) is 2.65. The molecule has 70 valence electrons. The Labute approximate surface area is 84.5 Å². The molecule has 4 heteroatoms. The van der Waals surface area contributed by atoms with E-state index in [0.29, 0.717) is 11.3 Å². The smallest absolute Gasteiger partial charge is 0.339 e. The monoisotopic (exact) mass is 244 g/mol. The van der Waals surface area contributed by atoms with Gasteiger partial charge in [-0.1, -0.05) is 15.9 Å². The molecule has 3 nitrogen and oxygen atoms in total. The third-order valence-electron chi connectivity index (χ3n) is 1.79. The minimum atomic E-state index is -0.976. The number of hydrogen-bond acceptors (Lipinski definition) is 2. The molecule has 0 amide bonds. The summed E-state index contributed by atoms with van der Waals surface area (Å²) in [7, 11) is 1.45. The summed E-state index contributed by atoms with van der Waals surface area (Å²) in [5, 5.41) is 8.90. The van der Waals surface area contributed by atoms with E-state index in [2.05, 4.69) is 15.9 Å². The fraction of sp³-hybridized carbons (Fsp3) is 0.222. The number of ether oxygens (including phenoxy) is 1. The van der Waals surface area contributed by atoms with Crippen LogP contribution in [0.3, 0.4) is 0 Å².